The van der Waals surface area contributed by atoms with Crippen molar-refractivity contribution in [2.75, 3.05) is 0 Å². The topological polar surface area (TPSA) is 78.0 Å². The fraction of sp³-hybridized carbons (Fsp3) is 0.480. The molecule has 5 nitrogen and oxygen atoms in total. The van der Waals surface area contributed by atoms with Gasteiger partial charge in [0.05, 0.1) is 15.9 Å². The van der Waals surface area contributed by atoms with E-state index in [0.717, 1.165) is 41.9 Å². The third kappa shape index (κ3) is 4.70. The molecular weight excluding hydrogens is 406 g/mol. The predicted molar refractivity (Wildman–Crippen MR) is 126 cm³/mol. The summed E-state index contributed by atoms with van der Waals surface area (Å²) in [6.07, 6.45) is 8.87. The predicted octanol–water partition coefficient (Wildman–Crippen LogP) is 5.83. The van der Waals surface area contributed by atoms with E-state index in [0.29, 0.717) is 5.92 Å². The van der Waals surface area contributed by atoms with Gasteiger partial charge in [0, 0.05) is 12.5 Å². The van der Waals surface area contributed by atoms with Gasteiger partial charge in [-0.15, -0.1) is 0 Å². The largest absolute Gasteiger partial charge is 0.327 e. The Balaban J connectivity index is 1.73. The van der Waals surface area contributed by atoms with E-state index in [1.165, 1.54) is 43.4 Å². The lowest BCUT2D eigenvalue weighted by molar-refractivity contribution is 0.316. The number of aromatic nitrogens is 2. The van der Waals surface area contributed by atoms with E-state index in [1.54, 1.807) is 12.1 Å². The van der Waals surface area contributed by atoms with E-state index in [9.17, 15) is 8.42 Å². The lowest BCUT2D eigenvalue weighted by atomic mass is 9.89. The molecule has 6 heteroatoms. The van der Waals surface area contributed by atoms with Gasteiger partial charge in [-0.05, 0) is 67.0 Å². The van der Waals surface area contributed by atoms with Crippen LogP contribution in [0.1, 0.15) is 70.5 Å². The molecule has 0 aliphatic heterocycles. The lowest BCUT2D eigenvalue weighted by Gasteiger charge is -2.24. The summed E-state index contributed by atoms with van der Waals surface area (Å²) < 4.78 is 25.6. The molecule has 4 rings (SSSR count). The number of primary sulfonamides is 1. The molecule has 1 heterocycles. The summed E-state index contributed by atoms with van der Waals surface area (Å²) in [5.41, 5.74) is 4.22. The molecule has 0 atom stereocenters. The van der Waals surface area contributed by atoms with Crippen molar-refractivity contribution in [1.29, 1.82) is 0 Å². The minimum absolute atomic E-state index is 0.130. The standard InChI is InChI=1S/C25H33N3O2S/c1-3-19(4-2)25-27-23-16-21(20-10-13-22(14-11-20)31(26,29)30)12-15-24(23)28(25)17-18-8-6-5-7-9-18/h10-16,18-19H,3-9,17H2,1-2H3,(H2,26,29,30). The Morgan fingerprint density at radius 2 is 1.65 bits per heavy atom. The summed E-state index contributed by atoms with van der Waals surface area (Å²) in [5, 5.41) is 5.23. The molecule has 1 saturated carbocycles. The molecular formula is C25H33N3O2S. The molecule has 166 valence electrons. The van der Waals surface area contributed by atoms with Crippen molar-refractivity contribution in [1.82, 2.24) is 9.55 Å². The summed E-state index contributed by atoms with van der Waals surface area (Å²) in [4.78, 5) is 5.24. The van der Waals surface area contributed by atoms with Crippen molar-refractivity contribution in [2.45, 2.75) is 76.2 Å². The quantitative estimate of drug-likeness (QED) is 0.503. The molecule has 0 spiro atoms. The average molecular weight is 440 g/mol. The van der Waals surface area contributed by atoms with Crippen LogP contribution in [-0.4, -0.2) is 18.0 Å². The zero-order valence-electron chi connectivity index (χ0n) is 18.5. The van der Waals surface area contributed by atoms with Crippen molar-refractivity contribution >= 4 is 21.1 Å². The van der Waals surface area contributed by atoms with E-state index >= 15 is 0 Å². The van der Waals surface area contributed by atoms with Gasteiger partial charge in [0.1, 0.15) is 5.82 Å². The second kappa shape index (κ2) is 9.13. The first-order valence-corrected chi connectivity index (χ1v) is 13.1. The third-order valence-electron chi connectivity index (χ3n) is 6.81. The first kappa shape index (κ1) is 22.0. The van der Waals surface area contributed by atoms with Gasteiger partial charge in [-0.2, -0.15) is 0 Å². The molecule has 1 fully saturated rings. The molecule has 0 amide bonds. The summed E-state index contributed by atoms with van der Waals surface area (Å²) in [6.45, 7) is 5.55. The Bertz CT molecular complexity index is 1140. The highest BCUT2D eigenvalue weighted by molar-refractivity contribution is 7.89. The smallest absolute Gasteiger partial charge is 0.238 e. The average Bonchev–Trinajstić information content (AvgIpc) is 3.12. The number of hydrogen-bond donors (Lipinski definition) is 1. The van der Waals surface area contributed by atoms with Gasteiger partial charge in [-0.3, -0.25) is 0 Å². The van der Waals surface area contributed by atoms with Crippen molar-refractivity contribution in [3.63, 3.8) is 0 Å². The van der Waals surface area contributed by atoms with Crippen LogP contribution in [0.2, 0.25) is 0 Å². The minimum atomic E-state index is -3.68. The van der Waals surface area contributed by atoms with Gasteiger partial charge in [-0.1, -0.05) is 51.3 Å². The van der Waals surface area contributed by atoms with Gasteiger partial charge < -0.3 is 4.57 Å². The lowest BCUT2D eigenvalue weighted by Crippen LogP contribution is -2.17. The molecule has 0 saturated heterocycles. The van der Waals surface area contributed by atoms with E-state index < -0.39 is 10.0 Å². The zero-order valence-corrected chi connectivity index (χ0v) is 19.4. The monoisotopic (exact) mass is 439 g/mol. The van der Waals surface area contributed by atoms with Crippen LogP contribution in [0.3, 0.4) is 0 Å². The third-order valence-corrected chi connectivity index (χ3v) is 7.74. The van der Waals surface area contributed by atoms with Crippen molar-refractivity contribution in [2.24, 2.45) is 11.1 Å². The molecule has 0 radical (unpaired) electrons. The number of sulfonamides is 1. The molecule has 0 bridgehead atoms. The Labute approximate surface area is 185 Å². The number of nitrogens with two attached hydrogens (primary N) is 1. The summed E-state index contributed by atoms with van der Waals surface area (Å²) >= 11 is 0. The first-order chi connectivity index (χ1) is 14.9. The number of hydrogen-bond acceptors (Lipinski definition) is 3. The number of nitrogens with zero attached hydrogens (tertiary/aromatic N) is 2. The molecule has 2 aromatic carbocycles. The van der Waals surface area contributed by atoms with E-state index in [1.807, 2.05) is 12.1 Å². The molecule has 1 aliphatic rings. The maximum atomic E-state index is 11.5. The maximum Gasteiger partial charge on any atom is 0.238 e. The second-order valence-electron chi connectivity index (χ2n) is 8.87. The minimum Gasteiger partial charge on any atom is -0.327 e. The second-order valence-corrected chi connectivity index (χ2v) is 10.4. The van der Waals surface area contributed by atoms with Gasteiger partial charge in [0.15, 0.2) is 0 Å². The van der Waals surface area contributed by atoms with Crippen LogP contribution in [0.15, 0.2) is 47.4 Å². The number of imidazole rings is 1. The fourth-order valence-electron chi connectivity index (χ4n) is 4.95. The van der Waals surface area contributed by atoms with Gasteiger partial charge in [0.2, 0.25) is 10.0 Å². The Morgan fingerprint density at radius 3 is 2.26 bits per heavy atom. The summed E-state index contributed by atoms with van der Waals surface area (Å²) in [5.74, 6) is 2.42. The summed E-state index contributed by atoms with van der Waals surface area (Å²) in [7, 11) is -3.68. The molecule has 0 unspecified atom stereocenters. The molecule has 3 aromatic rings. The van der Waals surface area contributed by atoms with Crippen LogP contribution in [-0.2, 0) is 16.6 Å². The highest BCUT2D eigenvalue weighted by Crippen LogP contribution is 2.33. The van der Waals surface area contributed by atoms with Crippen molar-refractivity contribution < 1.29 is 8.42 Å². The maximum absolute atomic E-state index is 11.5. The number of benzene rings is 2. The van der Waals surface area contributed by atoms with Gasteiger partial charge in [-0.25, -0.2) is 18.5 Å². The van der Waals surface area contributed by atoms with Crippen LogP contribution >= 0.6 is 0 Å². The van der Waals surface area contributed by atoms with Gasteiger partial charge in [0.25, 0.3) is 0 Å². The fourth-order valence-corrected chi connectivity index (χ4v) is 5.47. The highest BCUT2D eigenvalue weighted by Gasteiger charge is 2.22. The number of fused-ring (bicyclic) bond motifs is 1. The van der Waals surface area contributed by atoms with Crippen LogP contribution in [0.25, 0.3) is 22.2 Å². The van der Waals surface area contributed by atoms with Crippen LogP contribution in [0.4, 0.5) is 0 Å². The molecule has 1 aromatic heterocycles. The van der Waals surface area contributed by atoms with E-state index in [-0.39, 0.29) is 4.90 Å². The van der Waals surface area contributed by atoms with Gasteiger partial charge >= 0.3 is 0 Å². The van der Waals surface area contributed by atoms with Crippen LogP contribution < -0.4 is 5.14 Å². The highest BCUT2D eigenvalue weighted by atomic mass is 32.2. The number of rotatable bonds is 7. The molecule has 31 heavy (non-hydrogen) atoms. The van der Waals surface area contributed by atoms with Crippen molar-refractivity contribution in [3.05, 3.63) is 48.3 Å². The first-order valence-electron chi connectivity index (χ1n) is 11.5. The summed E-state index contributed by atoms with van der Waals surface area (Å²) in [6, 6.07) is 13.2. The Kier molecular flexibility index (Phi) is 6.49. The normalized spacial score (nSPS) is 15.7. The van der Waals surface area contributed by atoms with E-state index in [2.05, 4.69) is 36.6 Å². The van der Waals surface area contributed by atoms with Crippen LogP contribution in [0.5, 0.6) is 0 Å². The molecule has 2 N–H and O–H groups in total. The van der Waals surface area contributed by atoms with Crippen LogP contribution in [0, 0.1) is 5.92 Å². The Hall–Kier alpha value is -2.18. The van der Waals surface area contributed by atoms with E-state index in [4.69, 9.17) is 10.1 Å². The Morgan fingerprint density at radius 1 is 1.00 bits per heavy atom. The van der Waals surface area contributed by atoms with Crippen molar-refractivity contribution in [3.8, 4) is 11.1 Å². The SMILES string of the molecule is CCC(CC)c1nc2cc(-c3ccc(S(N)(=O)=O)cc3)ccc2n1CC1CCCCC1. The zero-order chi connectivity index (χ0) is 22.0. The molecule has 1 aliphatic carbocycles.